The van der Waals surface area contributed by atoms with Gasteiger partial charge in [0, 0.05) is 56.2 Å². The van der Waals surface area contributed by atoms with Gasteiger partial charge in [0.25, 0.3) is 0 Å². The largest absolute Gasteiger partial charge is 0.466 e. The van der Waals surface area contributed by atoms with E-state index < -0.39 is 6.80 Å². The maximum Gasteiger partial charge on any atom is 0.181 e. The monoisotopic (exact) mass is 801 g/mol. The average molecular weight is 801 g/mol. The van der Waals surface area contributed by atoms with Crippen LogP contribution in [0.3, 0.4) is 0 Å². The van der Waals surface area contributed by atoms with Crippen LogP contribution in [0.2, 0.25) is 0 Å². The molecule has 0 radical (unpaired) electrons. The second-order valence-corrected chi connectivity index (χ2v) is 14.1. The minimum atomic E-state index is -0.535. The molecule has 0 aliphatic heterocycles. The Morgan fingerprint density at radius 1 is 0.632 bits per heavy atom. The molecule has 0 unspecified atom stereocenters. The van der Waals surface area contributed by atoms with Gasteiger partial charge < -0.3 is 9.40 Å². The number of halogens is 1. The molecule has 12 heteroatoms. The van der Waals surface area contributed by atoms with Gasteiger partial charge >= 0.3 is 0 Å². The molecule has 6 heterocycles. The maximum absolute atomic E-state index is 11.9. The number of rotatable bonds is 7. The number of aromatic nitrogens is 10. The van der Waals surface area contributed by atoms with Crippen LogP contribution < -0.4 is 0 Å². The summed E-state index contributed by atoms with van der Waals surface area (Å²) in [5, 5.41) is 19.7. The first-order valence-corrected chi connectivity index (χ1v) is 18.2. The van der Waals surface area contributed by atoms with E-state index in [1.165, 1.54) is 15.8 Å². The van der Waals surface area contributed by atoms with Crippen molar-refractivity contribution in [3.63, 3.8) is 0 Å². The number of alkyl halides is 1. The van der Waals surface area contributed by atoms with Crippen molar-refractivity contribution in [3.8, 4) is 0 Å². The number of H-pyrrole nitrogens is 1. The zero-order valence-corrected chi connectivity index (χ0v) is 34.1. The predicted molar refractivity (Wildman–Crippen MR) is 244 cm³/mol. The number of aryl methyl sites for hydroxylation is 2. The Kier molecular flexibility index (Phi) is 36.0. The van der Waals surface area contributed by atoms with Crippen LogP contribution in [0, 0.1) is 6.92 Å². The summed E-state index contributed by atoms with van der Waals surface area (Å²) in [6.07, 6.45) is 18.5. The highest BCUT2D eigenvalue weighted by Crippen LogP contribution is 2.16. The van der Waals surface area contributed by atoms with Crippen molar-refractivity contribution in [1.29, 1.82) is 0 Å². The van der Waals surface area contributed by atoms with Crippen LogP contribution in [0.5, 0.6) is 0 Å². The molecule has 11 nitrogen and oxygen atoms in total. The number of nitrogens with one attached hydrogen (secondary N) is 1. The summed E-state index contributed by atoms with van der Waals surface area (Å²) >= 11 is 0. The van der Waals surface area contributed by atoms with Crippen molar-refractivity contribution in [1.82, 2.24) is 49.3 Å². The SMILES string of the molecule is C.C.C.C.C.CC(C)c1cc[nH]c1.CC(C)c1cnn(C)c1.CC(C)c1cnn(CF)c1.CC(C)n1cccn1.CC(C)n1nccn1.Cc1ccc(C(C)C)o1. The van der Waals surface area contributed by atoms with Gasteiger partial charge in [-0.15, -0.1) is 0 Å². The molecule has 0 saturated carbocycles. The van der Waals surface area contributed by atoms with Crippen molar-refractivity contribution in [2.75, 3.05) is 0 Å². The van der Waals surface area contributed by atoms with Crippen molar-refractivity contribution >= 4 is 0 Å². The fourth-order valence-electron chi connectivity index (χ4n) is 4.02. The number of nitrogens with zero attached hydrogens (tertiary/aromatic N) is 9. The summed E-state index contributed by atoms with van der Waals surface area (Å²) in [6, 6.07) is 8.93. The summed E-state index contributed by atoms with van der Waals surface area (Å²) in [5.74, 6) is 4.27. The Balaban J connectivity index is -0.000000187. The summed E-state index contributed by atoms with van der Waals surface area (Å²) in [7, 11) is 1.94. The van der Waals surface area contributed by atoms with Crippen LogP contribution in [-0.2, 0) is 13.8 Å². The van der Waals surface area contributed by atoms with E-state index in [-0.39, 0.29) is 37.1 Å². The summed E-state index contributed by atoms with van der Waals surface area (Å²) < 4.78 is 22.3. The van der Waals surface area contributed by atoms with E-state index in [1.54, 1.807) is 35.8 Å². The number of aromatic amines is 1. The minimum absolute atomic E-state index is 0. The summed E-state index contributed by atoms with van der Waals surface area (Å²) in [6.45, 7) is 26.8. The molecule has 57 heavy (non-hydrogen) atoms. The molecule has 0 aliphatic carbocycles. The van der Waals surface area contributed by atoms with Gasteiger partial charge in [0.1, 0.15) is 11.5 Å². The standard InChI is InChI=1S/C8H12O.C7H11FN2.C7H12N2.C7H11N.C6H10N2.C5H9N3.5CH4/c1-6(2)8-5-4-7(3)9-8;1-6(2)7-3-9-10(4-7)5-8;1-6(2)7-4-8-9(3)5-7;1-6(2)7-3-4-8-5-7;1-6(2)8-5-3-4-7-8;1-5(2)8-6-3-4-7-8;;;;;/h4-6H,1-3H3;3-4,6H,5H2,1-2H3;4-6H,1-3H3;3-6,8H,1-2H3;3-6H,1-2H3;3-5H,1-2H3;5*1H4. The topological polar surface area (TPSA) is 113 Å². The molecule has 0 atom stereocenters. The van der Waals surface area contributed by atoms with Crippen molar-refractivity contribution in [3.05, 3.63) is 114 Å². The third kappa shape index (κ3) is 25.9. The Morgan fingerprint density at radius 2 is 1.18 bits per heavy atom. The zero-order valence-electron chi connectivity index (χ0n) is 34.1. The maximum atomic E-state index is 11.9. The molecule has 0 fully saturated rings. The molecule has 0 bridgehead atoms. The molecular weight excluding hydrogens is 716 g/mol. The van der Waals surface area contributed by atoms with Crippen molar-refractivity contribution in [2.45, 2.75) is 170 Å². The quantitative estimate of drug-likeness (QED) is 0.172. The average Bonchev–Trinajstić information content (AvgIpc) is 3.95. The number of furan rings is 1. The van der Waals surface area contributed by atoms with E-state index >= 15 is 0 Å². The minimum Gasteiger partial charge on any atom is -0.466 e. The van der Waals surface area contributed by atoms with Crippen LogP contribution in [0.25, 0.3) is 0 Å². The van der Waals surface area contributed by atoms with E-state index in [0.717, 1.165) is 17.1 Å². The lowest BCUT2D eigenvalue weighted by Crippen LogP contribution is -2.03. The molecule has 6 rings (SSSR count). The van der Waals surface area contributed by atoms with Crippen molar-refractivity contribution in [2.24, 2.45) is 7.05 Å². The third-order valence-electron chi connectivity index (χ3n) is 7.41. The second kappa shape index (κ2) is 33.4. The predicted octanol–water partition coefficient (Wildman–Crippen LogP) is 13.8. The highest BCUT2D eigenvalue weighted by atomic mass is 19.1. The molecule has 328 valence electrons. The van der Waals surface area contributed by atoms with Crippen LogP contribution in [0.15, 0.2) is 90.7 Å². The Morgan fingerprint density at radius 3 is 1.40 bits per heavy atom. The molecule has 0 spiro atoms. The van der Waals surface area contributed by atoms with Gasteiger partial charge in [0.15, 0.2) is 6.80 Å². The zero-order chi connectivity index (χ0) is 39.2. The van der Waals surface area contributed by atoms with Crippen LogP contribution >= 0.6 is 0 Å². The third-order valence-corrected chi connectivity index (χ3v) is 7.41. The van der Waals surface area contributed by atoms with Gasteiger partial charge in [-0.2, -0.15) is 30.3 Å². The van der Waals surface area contributed by atoms with Crippen LogP contribution in [-0.4, -0.2) is 49.3 Å². The molecular formula is C45H85FN10O. The highest BCUT2D eigenvalue weighted by Gasteiger charge is 2.02. The van der Waals surface area contributed by atoms with E-state index in [1.807, 2.05) is 86.4 Å². The van der Waals surface area contributed by atoms with Crippen LogP contribution in [0.4, 0.5) is 4.39 Å². The Labute approximate surface area is 348 Å². The lowest BCUT2D eigenvalue weighted by Gasteiger charge is -2.01. The van der Waals surface area contributed by atoms with Gasteiger partial charge in [0.2, 0.25) is 0 Å². The first kappa shape index (κ1) is 61.5. The first-order chi connectivity index (χ1) is 24.5. The Hall–Kier alpha value is -4.74. The smallest absolute Gasteiger partial charge is 0.181 e. The lowest BCUT2D eigenvalue weighted by molar-refractivity contribution is 0.349. The van der Waals surface area contributed by atoms with E-state index in [2.05, 4.69) is 106 Å². The van der Waals surface area contributed by atoms with Gasteiger partial charge in [-0.25, -0.2) is 9.07 Å². The molecule has 0 aliphatic rings. The van der Waals surface area contributed by atoms with Gasteiger partial charge in [-0.1, -0.05) is 92.5 Å². The number of hydrogen-bond donors (Lipinski definition) is 1. The summed E-state index contributed by atoms with van der Waals surface area (Å²) in [4.78, 5) is 4.68. The lowest BCUT2D eigenvalue weighted by atomic mass is 10.1. The Bertz CT molecular complexity index is 1520. The molecule has 0 aromatic carbocycles. The summed E-state index contributed by atoms with van der Waals surface area (Å²) in [5.41, 5.74) is 3.76. The highest BCUT2D eigenvalue weighted by molar-refractivity contribution is 5.12. The number of hydrogen-bond acceptors (Lipinski definition) is 6. The van der Waals surface area contributed by atoms with E-state index in [0.29, 0.717) is 35.8 Å². The van der Waals surface area contributed by atoms with Gasteiger partial charge in [-0.05, 0) is 93.3 Å². The fourth-order valence-corrected chi connectivity index (χ4v) is 4.02. The van der Waals surface area contributed by atoms with E-state index in [4.69, 9.17) is 4.42 Å². The van der Waals surface area contributed by atoms with Gasteiger partial charge in [0.05, 0.1) is 30.8 Å². The molecule has 0 amide bonds. The van der Waals surface area contributed by atoms with E-state index in [9.17, 15) is 4.39 Å². The second-order valence-electron chi connectivity index (χ2n) is 14.1. The van der Waals surface area contributed by atoms with Crippen molar-refractivity contribution < 1.29 is 8.81 Å². The molecule has 6 aromatic heterocycles. The fraction of sp³-hybridized carbons (Fsp3) is 0.578. The van der Waals surface area contributed by atoms with Crippen LogP contribution in [0.1, 0.15) is 184 Å². The normalized spacial score (nSPS) is 9.63. The molecule has 6 aromatic rings. The van der Waals surface area contributed by atoms with Gasteiger partial charge in [-0.3, -0.25) is 9.36 Å². The molecule has 0 saturated heterocycles. The molecule has 1 N–H and O–H groups in total. The first-order valence-electron chi connectivity index (χ1n) is 18.2.